The summed E-state index contributed by atoms with van der Waals surface area (Å²) in [5.41, 5.74) is 8.43. The average Bonchev–Trinajstić information content (AvgIpc) is 2.78. The van der Waals surface area contributed by atoms with Crippen LogP contribution in [0.5, 0.6) is 0 Å². The maximum absolute atomic E-state index is 14.4. The number of hydroxylamine groups is 1. The van der Waals surface area contributed by atoms with Crippen LogP contribution in [0.1, 0.15) is 0 Å². The number of nitrogens with one attached hydrogen (secondary N) is 1. The van der Waals surface area contributed by atoms with Crippen molar-refractivity contribution >= 4 is 5.84 Å². The summed E-state index contributed by atoms with van der Waals surface area (Å²) in [4.78, 5) is 7.57. The van der Waals surface area contributed by atoms with Crippen LogP contribution < -0.4 is 5.48 Å². The molecule has 0 aromatic carbocycles. The first-order valence-corrected chi connectivity index (χ1v) is 6.25. The maximum Gasteiger partial charge on any atom is 0.174 e. The normalized spacial score (nSPS) is 34.4. The summed E-state index contributed by atoms with van der Waals surface area (Å²) in [5, 5.41) is 31.4. The monoisotopic (exact) mass is 314 g/mol. The van der Waals surface area contributed by atoms with Gasteiger partial charge in [-0.1, -0.05) is 11.7 Å². The van der Waals surface area contributed by atoms with Crippen LogP contribution in [0.15, 0.2) is 34.8 Å². The second kappa shape index (κ2) is 6.30. The molecule has 0 aromatic rings. The summed E-state index contributed by atoms with van der Waals surface area (Å²) < 4.78 is 19.8. The fraction of sp³-hybridized carbons (Fsp3) is 0.545. The van der Waals surface area contributed by atoms with E-state index >= 15 is 0 Å². The second-order valence-corrected chi connectivity index (χ2v) is 4.76. The number of hydrogen-bond donors (Lipinski definition) is 4. The zero-order chi connectivity index (χ0) is 16.3. The second-order valence-electron chi connectivity index (χ2n) is 4.76. The molecular formula is C11H15FN6O4. The van der Waals surface area contributed by atoms with Gasteiger partial charge in [0, 0.05) is 11.1 Å². The fourth-order valence-electron chi connectivity index (χ4n) is 2.26. The minimum atomic E-state index is -1.90. The highest BCUT2D eigenvalue weighted by atomic mass is 19.1. The zero-order valence-corrected chi connectivity index (χ0v) is 11.4. The van der Waals surface area contributed by atoms with Crippen molar-refractivity contribution in [3.63, 3.8) is 0 Å². The van der Waals surface area contributed by atoms with Crippen molar-refractivity contribution in [2.75, 3.05) is 13.2 Å². The maximum atomic E-state index is 14.4. The van der Waals surface area contributed by atoms with E-state index in [-0.39, 0.29) is 11.7 Å². The third kappa shape index (κ3) is 2.63. The highest BCUT2D eigenvalue weighted by Gasteiger charge is 2.56. The number of ether oxygens (including phenoxy) is 1. The smallest absolute Gasteiger partial charge is 0.174 e. The Kier molecular flexibility index (Phi) is 4.64. The summed E-state index contributed by atoms with van der Waals surface area (Å²) in [6.07, 6.45) is -2.23. The van der Waals surface area contributed by atoms with Gasteiger partial charge in [0.1, 0.15) is 17.5 Å². The molecule has 0 aromatic heterocycles. The molecule has 4 atom stereocenters. The van der Waals surface area contributed by atoms with Gasteiger partial charge in [-0.05, 0) is 11.6 Å². The molecule has 22 heavy (non-hydrogen) atoms. The van der Waals surface area contributed by atoms with E-state index in [0.717, 1.165) is 0 Å². The van der Waals surface area contributed by atoms with Gasteiger partial charge >= 0.3 is 0 Å². The van der Waals surface area contributed by atoms with Crippen LogP contribution in [-0.4, -0.2) is 63.4 Å². The zero-order valence-electron chi connectivity index (χ0n) is 11.4. The molecule has 0 amide bonds. The number of nitrogens with zero attached hydrogens (tertiary/aromatic N) is 5. The van der Waals surface area contributed by atoms with Crippen LogP contribution in [-0.2, 0) is 4.74 Å². The van der Waals surface area contributed by atoms with E-state index in [9.17, 15) is 14.6 Å². The minimum Gasteiger partial charge on any atom is -0.393 e. The standard InChI is InChI=1S/C11H15FN6O4/c1-6-15-7(16-21)2-3-18(6)10-8(12)9(20)11(5-19,22-10)4-14-17-13/h2-3,8-10,19-21H,1,4-5H2,(H,15,16)/t8-,9+,10-,11-/m1/s1. The minimum absolute atomic E-state index is 0.0522. The molecule has 11 heteroatoms. The van der Waals surface area contributed by atoms with Crippen molar-refractivity contribution in [2.45, 2.75) is 24.1 Å². The van der Waals surface area contributed by atoms with Gasteiger partial charge in [-0.3, -0.25) is 10.7 Å². The number of alkyl halides is 1. The lowest BCUT2D eigenvalue weighted by atomic mass is 9.97. The summed E-state index contributed by atoms with van der Waals surface area (Å²) >= 11 is 0. The number of aliphatic imine (C=N–C) groups is 1. The first-order valence-electron chi connectivity index (χ1n) is 6.25. The van der Waals surface area contributed by atoms with Crippen molar-refractivity contribution in [3.05, 3.63) is 35.1 Å². The van der Waals surface area contributed by atoms with Crippen molar-refractivity contribution in [1.29, 1.82) is 0 Å². The molecule has 1 saturated heterocycles. The van der Waals surface area contributed by atoms with E-state index < -0.39 is 37.3 Å². The van der Waals surface area contributed by atoms with Crippen LogP contribution >= 0.6 is 0 Å². The van der Waals surface area contributed by atoms with Crippen molar-refractivity contribution in [1.82, 2.24) is 10.4 Å². The van der Waals surface area contributed by atoms with Crippen LogP contribution in [0.3, 0.4) is 0 Å². The molecule has 0 spiro atoms. The van der Waals surface area contributed by atoms with Gasteiger partial charge in [0.25, 0.3) is 0 Å². The van der Waals surface area contributed by atoms with Crippen LogP contribution in [0, 0.1) is 0 Å². The summed E-state index contributed by atoms with van der Waals surface area (Å²) in [5.74, 6) is 0.147. The van der Waals surface area contributed by atoms with Gasteiger partial charge in [0.2, 0.25) is 0 Å². The first kappa shape index (κ1) is 16.2. The topological polar surface area (TPSA) is 146 Å². The van der Waals surface area contributed by atoms with E-state index in [1.807, 2.05) is 5.48 Å². The average molecular weight is 314 g/mol. The van der Waals surface area contributed by atoms with Crippen LogP contribution in [0.4, 0.5) is 4.39 Å². The van der Waals surface area contributed by atoms with Gasteiger partial charge in [-0.15, -0.1) is 0 Å². The highest BCUT2D eigenvalue weighted by molar-refractivity contribution is 5.93. The number of aliphatic hydroxyl groups is 2. The Morgan fingerprint density at radius 1 is 1.68 bits per heavy atom. The van der Waals surface area contributed by atoms with E-state index in [1.165, 1.54) is 17.2 Å². The summed E-state index contributed by atoms with van der Waals surface area (Å²) in [7, 11) is 0. The molecule has 2 heterocycles. The Bertz CT molecular complexity index is 563. The molecule has 2 aliphatic rings. The van der Waals surface area contributed by atoms with Gasteiger partial charge in [0.15, 0.2) is 18.2 Å². The van der Waals surface area contributed by atoms with E-state index in [1.54, 1.807) is 0 Å². The van der Waals surface area contributed by atoms with Crippen LogP contribution in [0.2, 0.25) is 0 Å². The number of amidine groups is 1. The number of aliphatic hydroxyl groups excluding tert-OH is 2. The largest absolute Gasteiger partial charge is 0.393 e. The van der Waals surface area contributed by atoms with E-state index in [2.05, 4.69) is 21.6 Å². The number of hydrogen-bond acceptors (Lipinski definition) is 8. The Morgan fingerprint density at radius 3 is 2.95 bits per heavy atom. The van der Waals surface area contributed by atoms with Gasteiger partial charge in [-0.25, -0.2) is 9.38 Å². The fourth-order valence-corrected chi connectivity index (χ4v) is 2.26. The van der Waals surface area contributed by atoms with Gasteiger partial charge in [-0.2, -0.15) is 0 Å². The number of azide groups is 1. The third-order valence-electron chi connectivity index (χ3n) is 3.47. The molecule has 4 N–H and O–H groups in total. The molecule has 1 fully saturated rings. The quantitative estimate of drug-likeness (QED) is 0.244. The molecule has 2 aliphatic heterocycles. The van der Waals surface area contributed by atoms with E-state index in [4.69, 9.17) is 15.5 Å². The number of halogens is 1. The molecule has 10 nitrogen and oxygen atoms in total. The Labute approximate surface area is 124 Å². The highest BCUT2D eigenvalue weighted by Crippen LogP contribution is 2.37. The van der Waals surface area contributed by atoms with Crippen LogP contribution in [0.25, 0.3) is 10.4 Å². The Hall–Kier alpha value is -2.17. The van der Waals surface area contributed by atoms with Crippen molar-refractivity contribution < 1.29 is 24.5 Å². The molecule has 2 rings (SSSR count). The lowest BCUT2D eigenvalue weighted by Crippen LogP contribution is -2.48. The summed E-state index contributed by atoms with van der Waals surface area (Å²) in [6.45, 7) is 2.43. The molecule has 0 aliphatic carbocycles. The predicted octanol–water partition coefficient (Wildman–Crippen LogP) is -0.239. The molecule has 0 saturated carbocycles. The van der Waals surface area contributed by atoms with E-state index in [0.29, 0.717) is 0 Å². The molecule has 0 bridgehead atoms. The van der Waals surface area contributed by atoms with Gasteiger partial charge < -0.3 is 19.8 Å². The molecule has 0 unspecified atom stereocenters. The lowest BCUT2D eigenvalue weighted by Gasteiger charge is -2.32. The van der Waals surface area contributed by atoms with Crippen molar-refractivity contribution in [2.24, 2.45) is 10.1 Å². The number of rotatable bonds is 4. The molecule has 120 valence electrons. The third-order valence-corrected chi connectivity index (χ3v) is 3.47. The van der Waals surface area contributed by atoms with Crippen molar-refractivity contribution in [3.8, 4) is 0 Å². The predicted molar refractivity (Wildman–Crippen MR) is 72.1 cm³/mol. The molecular weight excluding hydrogens is 299 g/mol. The molecule has 0 radical (unpaired) electrons. The SMILES string of the molecule is C=C1N=C(NO)C=CN1[C@@H]1O[C@@](CO)(CN=[N+]=[N-])[C@@H](O)[C@H]1F. The Morgan fingerprint density at radius 2 is 2.41 bits per heavy atom. The lowest BCUT2D eigenvalue weighted by molar-refractivity contribution is -0.128. The van der Waals surface area contributed by atoms with Gasteiger partial charge in [0.05, 0.1) is 13.2 Å². The summed E-state index contributed by atoms with van der Waals surface area (Å²) in [6, 6.07) is 0. The first-order chi connectivity index (χ1) is 10.5. The Balaban J connectivity index is 2.24.